The van der Waals surface area contributed by atoms with Crippen molar-refractivity contribution in [2.45, 2.75) is 58.0 Å². The summed E-state index contributed by atoms with van der Waals surface area (Å²) in [4.78, 5) is 14.0. The van der Waals surface area contributed by atoms with Gasteiger partial charge in [0.1, 0.15) is 5.60 Å². The second kappa shape index (κ2) is 7.56. The SMILES string of the molecule is CCC1(COS(=O)(=O)c2ccc(C)cc2)CCN(C(=O)OC(C)(C)C)C1. The molecule has 0 radical (unpaired) electrons. The molecule has 0 aromatic heterocycles. The van der Waals surface area contributed by atoms with E-state index < -0.39 is 15.7 Å². The molecular formula is C19H29NO5S. The Bertz CT molecular complexity index is 736. The fraction of sp³-hybridized carbons (Fsp3) is 0.632. The van der Waals surface area contributed by atoms with E-state index >= 15 is 0 Å². The molecule has 0 spiro atoms. The first kappa shape index (κ1) is 20.7. The lowest BCUT2D eigenvalue weighted by molar-refractivity contribution is 0.0259. The highest BCUT2D eigenvalue weighted by molar-refractivity contribution is 7.86. The fourth-order valence-electron chi connectivity index (χ4n) is 2.90. The quantitative estimate of drug-likeness (QED) is 0.724. The van der Waals surface area contributed by atoms with Gasteiger partial charge in [-0.05, 0) is 52.7 Å². The molecule has 1 fully saturated rings. The van der Waals surface area contributed by atoms with Gasteiger partial charge in [-0.15, -0.1) is 0 Å². The smallest absolute Gasteiger partial charge is 0.410 e. The Kier molecular flexibility index (Phi) is 6.02. The van der Waals surface area contributed by atoms with Crippen LogP contribution in [0.2, 0.25) is 0 Å². The Morgan fingerprint density at radius 1 is 1.23 bits per heavy atom. The molecule has 6 nitrogen and oxygen atoms in total. The summed E-state index contributed by atoms with van der Waals surface area (Å²) in [7, 11) is -3.81. The van der Waals surface area contributed by atoms with E-state index in [0.717, 1.165) is 12.0 Å². The van der Waals surface area contributed by atoms with E-state index in [4.69, 9.17) is 8.92 Å². The Morgan fingerprint density at radius 3 is 2.38 bits per heavy atom. The Balaban J connectivity index is 2.03. The summed E-state index contributed by atoms with van der Waals surface area (Å²) in [5.41, 5.74) is 0.0480. The van der Waals surface area contributed by atoms with Crippen LogP contribution in [0.3, 0.4) is 0 Å². The van der Waals surface area contributed by atoms with Crippen LogP contribution >= 0.6 is 0 Å². The molecule has 1 aromatic carbocycles. The summed E-state index contributed by atoms with van der Waals surface area (Å²) >= 11 is 0. The van der Waals surface area contributed by atoms with Crippen molar-refractivity contribution in [3.05, 3.63) is 29.8 Å². The van der Waals surface area contributed by atoms with Gasteiger partial charge in [-0.25, -0.2) is 4.79 Å². The summed E-state index contributed by atoms with van der Waals surface area (Å²) in [6.07, 6.45) is 1.04. The fourth-order valence-corrected chi connectivity index (χ4v) is 3.91. The highest BCUT2D eigenvalue weighted by Crippen LogP contribution is 2.36. The van der Waals surface area contributed by atoms with E-state index in [1.165, 1.54) is 0 Å². The molecule has 146 valence electrons. The molecule has 1 heterocycles. The molecular weight excluding hydrogens is 354 g/mol. The number of carbonyl (C=O) groups is 1. The molecule has 0 aliphatic carbocycles. The van der Waals surface area contributed by atoms with Crippen molar-refractivity contribution < 1.29 is 22.1 Å². The molecule has 1 amide bonds. The number of rotatable bonds is 5. The van der Waals surface area contributed by atoms with Crippen LogP contribution in [0.4, 0.5) is 4.79 Å². The number of amides is 1. The van der Waals surface area contributed by atoms with Gasteiger partial charge in [-0.2, -0.15) is 8.42 Å². The van der Waals surface area contributed by atoms with Crippen molar-refractivity contribution in [3.63, 3.8) is 0 Å². The number of carbonyl (C=O) groups excluding carboxylic acids is 1. The number of nitrogens with zero attached hydrogens (tertiary/aromatic N) is 1. The van der Waals surface area contributed by atoms with Gasteiger partial charge >= 0.3 is 6.09 Å². The minimum atomic E-state index is -3.81. The van der Waals surface area contributed by atoms with Crippen LogP contribution in [-0.2, 0) is 19.0 Å². The summed E-state index contributed by atoms with van der Waals surface area (Å²) in [5.74, 6) is 0. The van der Waals surface area contributed by atoms with E-state index in [1.54, 1.807) is 29.2 Å². The highest BCUT2D eigenvalue weighted by atomic mass is 32.2. The Labute approximate surface area is 156 Å². The largest absolute Gasteiger partial charge is 0.444 e. The summed E-state index contributed by atoms with van der Waals surface area (Å²) in [6, 6.07) is 6.58. The third kappa shape index (κ3) is 5.20. The van der Waals surface area contributed by atoms with Crippen LogP contribution in [0.5, 0.6) is 0 Å². The van der Waals surface area contributed by atoms with Crippen molar-refractivity contribution >= 4 is 16.2 Å². The highest BCUT2D eigenvalue weighted by Gasteiger charge is 2.41. The molecule has 2 rings (SSSR count). The van der Waals surface area contributed by atoms with Gasteiger partial charge in [0.15, 0.2) is 0 Å². The predicted molar refractivity (Wildman–Crippen MR) is 99.5 cm³/mol. The van der Waals surface area contributed by atoms with Crippen molar-refractivity contribution in [1.82, 2.24) is 4.90 Å². The van der Waals surface area contributed by atoms with Gasteiger partial charge in [-0.3, -0.25) is 4.18 Å². The summed E-state index contributed by atoms with van der Waals surface area (Å²) in [6.45, 7) is 10.4. The number of hydrogen-bond acceptors (Lipinski definition) is 5. The van der Waals surface area contributed by atoms with Crippen molar-refractivity contribution in [2.75, 3.05) is 19.7 Å². The molecule has 0 saturated carbocycles. The first-order valence-electron chi connectivity index (χ1n) is 8.90. The Morgan fingerprint density at radius 2 is 1.85 bits per heavy atom. The lowest BCUT2D eigenvalue weighted by Crippen LogP contribution is -2.38. The molecule has 1 aromatic rings. The van der Waals surface area contributed by atoms with Gasteiger partial charge in [0.2, 0.25) is 0 Å². The molecule has 7 heteroatoms. The molecule has 1 unspecified atom stereocenters. The maximum absolute atomic E-state index is 12.4. The van der Waals surface area contributed by atoms with E-state index in [-0.39, 0.29) is 23.0 Å². The van der Waals surface area contributed by atoms with Crippen molar-refractivity contribution in [1.29, 1.82) is 0 Å². The Hall–Kier alpha value is -1.60. The third-order valence-corrected chi connectivity index (χ3v) is 5.95. The molecule has 1 aliphatic rings. The summed E-state index contributed by atoms with van der Waals surface area (Å²) in [5, 5.41) is 0. The van der Waals surface area contributed by atoms with Crippen LogP contribution in [0.15, 0.2) is 29.2 Å². The van der Waals surface area contributed by atoms with E-state index in [0.29, 0.717) is 19.5 Å². The van der Waals surface area contributed by atoms with Crippen molar-refractivity contribution in [3.8, 4) is 0 Å². The van der Waals surface area contributed by atoms with Crippen LogP contribution in [-0.4, -0.2) is 44.7 Å². The average Bonchev–Trinajstić information content (AvgIpc) is 2.97. The first-order chi connectivity index (χ1) is 12.0. The minimum absolute atomic E-state index is 0.0546. The topological polar surface area (TPSA) is 72.9 Å². The third-order valence-electron chi connectivity index (χ3n) is 4.67. The molecule has 1 atom stereocenters. The van der Waals surface area contributed by atoms with Crippen LogP contribution < -0.4 is 0 Å². The van der Waals surface area contributed by atoms with E-state index in [2.05, 4.69) is 0 Å². The number of ether oxygens (including phenoxy) is 1. The number of hydrogen-bond donors (Lipinski definition) is 0. The van der Waals surface area contributed by atoms with Crippen LogP contribution in [0.25, 0.3) is 0 Å². The second-order valence-corrected chi connectivity index (χ2v) is 9.65. The molecule has 26 heavy (non-hydrogen) atoms. The van der Waals surface area contributed by atoms with Crippen molar-refractivity contribution in [2.24, 2.45) is 5.41 Å². The number of likely N-dealkylation sites (tertiary alicyclic amines) is 1. The predicted octanol–water partition coefficient (Wildman–Crippen LogP) is 3.74. The summed E-state index contributed by atoms with van der Waals surface area (Å²) < 4.78 is 35.6. The number of aryl methyl sites for hydroxylation is 1. The zero-order valence-corrected chi connectivity index (χ0v) is 17.1. The zero-order valence-electron chi connectivity index (χ0n) is 16.2. The molecule has 0 N–H and O–H groups in total. The zero-order chi connectivity index (χ0) is 19.6. The van der Waals surface area contributed by atoms with Gasteiger partial charge in [-0.1, -0.05) is 24.6 Å². The molecule has 1 saturated heterocycles. The average molecular weight is 384 g/mol. The standard InChI is InChI=1S/C19H29NO5S/c1-6-19(11-12-20(13-19)17(21)25-18(3,4)5)14-24-26(22,23)16-9-7-15(2)8-10-16/h7-10H,6,11-14H2,1-5H3. The lowest BCUT2D eigenvalue weighted by atomic mass is 9.85. The lowest BCUT2D eigenvalue weighted by Gasteiger charge is -2.28. The van der Waals surface area contributed by atoms with Crippen LogP contribution in [0.1, 0.15) is 46.1 Å². The maximum atomic E-state index is 12.4. The number of benzene rings is 1. The molecule has 0 bridgehead atoms. The minimum Gasteiger partial charge on any atom is -0.444 e. The van der Waals surface area contributed by atoms with E-state index in [9.17, 15) is 13.2 Å². The molecule has 1 aliphatic heterocycles. The van der Waals surface area contributed by atoms with Gasteiger partial charge in [0.25, 0.3) is 10.1 Å². The van der Waals surface area contributed by atoms with Crippen LogP contribution in [0, 0.1) is 12.3 Å². The monoisotopic (exact) mass is 383 g/mol. The first-order valence-corrected chi connectivity index (χ1v) is 10.3. The van der Waals surface area contributed by atoms with Gasteiger partial charge in [0, 0.05) is 18.5 Å². The second-order valence-electron chi connectivity index (χ2n) is 8.03. The van der Waals surface area contributed by atoms with E-state index in [1.807, 2.05) is 34.6 Å². The normalized spacial score (nSPS) is 21.0. The van der Waals surface area contributed by atoms with Gasteiger partial charge in [0.05, 0.1) is 11.5 Å². The van der Waals surface area contributed by atoms with Gasteiger partial charge < -0.3 is 9.64 Å². The maximum Gasteiger partial charge on any atom is 0.410 e.